The van der Waals surface area contributed by atoms with Gasteiger partial charge >= 0.3 is 0 Å². The van der Waals surface area contributed by atoms with E-state index in [1.165, 1.54) is 12.3 Å². The van der Waals surface area contributed by atoms with Crippen LogP contribution in [0.2, 0.25) is 0 Å². The SMILES string of the molecule is CCc1cccc(C)c1NC(=O)c1ccnc(C(=O)NCC(C)C)c1. The van der Waals surface area contributed by atoms with Gasteiger partial charge in [0.1, 0.15) is 5.69 Å². The number of para-hydroxylation sites is 1. The number of benzene rings is 1. The molecule has 1 aromatic carbocycles. The molecule has 2 N–H and O–H groups in total. The van der Waals surface area contributed by atoms with Gasteiger partial charge in [-0.15, -0.1) is 0 Å². The zero-order valence-corrected chi connectivity index (χ0v) is 15.2. The maximum atomic E-state index is 12.6. The van der Waals surface area contributed by atoms with Gasteiger partial charge in [0.25, 0.3) is 11.8 Å². The van der Waals surface area contributed by atoms with Crippen LogP contribution in [0.1, 0.15) is 52.7 Å². The molecule has 1 aromatic heterocycles. The minimum atomic E-state index is -0.270. The smallest absolute Gasteiger partial charge is 0.269 e. The number of carbonyl (C=O) groups is 2. The molecule has 0 radical (unpaired) electrons. The van der Waals surface area contributed by atoms with Crippen molar-refractivity contribution in [2.45, 2.75) is 34.1 Å². The predicted molar refractivity (Wildman–Crippen MR) is 99.9 cm³/mol. The molecule has 2 amide bonds. The molecule has 0 bridgehead atoms. The minimum absolute atomic E-state index is 0.244. The summed E-state index contributed by atoms with van der Waals surface area (Å²) >= 11 is 0. The van der Waals surface area contributed by atoms with E-state index < -0.39 is 0 Å². The zero-order chi connectivity index (χ0) is 18.4. The van der Waals surface area contributed by atoms with Gasteiger partial charge in [0.05, 0.1) is 0 Å². The Kier molecular flexibility index (Phi) is 6.28. The van der Waals surface area contributed by atoms with Crippen LogP contribution < -0.4 is 10.6 Å². The molecule has 1 heterocycles. The molecule has 0 saturated carbocycles. The summed E-state index contributed by atoms with van der Waals surface area (Å²) in [5.41, 5.74) is 3.58. The Morgan fingerprint density at radius 2 is 1.92 bits per heavy atom. The first-order chi connectivity index (χ1) is 11.9. The number of hydrogen-bond acceptors (Lipinski definition) is 3. The maximum absolute atomic E-state index is 12.6. The Labute approximate surface area is 148 Å². The first-order valence-electron chi connectivity index (χ1n) is 8.56. The first kappa shape index (κ1) is 18.6. The monoisotopic (exact) mass is 339 g/mol. The van der Waals surface area contributed by atoms with E-state index in [0.29, 0.717) is 18.0 Å². The van der Waals surface area contributed by atoms with Crippen molar-refractivity contribution in [2.24, 2.45) is 5.92 Å². The maximum Gasteiger partial charge on any atom is 0.269 e. The van der Waals surface area contributed by atoms with Crippen LogP contribution in [0, 0.1) is 12.8 Å². The Morgan fingerprint density at radius 1 is 1.16 bits per heavy atom. The average molecular weight is 339 g/mol. The number of anilines is 1. The third-order valence-corrected chi connectivity index (χ3v) is 3.90. The molecule has 5 heteroatoms. The van der Waals surface area contributed by atoms with Gasteiger partial charge in [0.15, 0.2) is 0 Å². The average Bonchev–Trinajstić information content (AvgIpc) is 2.61. The number of carbonyl (C=O) groups excluding carboxylic acids is 2. The van der Waals surface area contributed by atoms with Crippen molar-refractivity contribution in [1.29, 1.82) is 0 Å². The van der Waals surface area contributed by atoms with Gasteiger partial charge < -0.3 is 10.6 Å². The van der Waals surface area contributed by atoms with Crippen molar-refractivity contribution in [3.05, 3.63) is 58.9 Å². The molecule has 132 valence electrons. The molecular weight excluding hydrogens is 314 g/mol. The van der Waals surface area contributed by atoms with Crippen molar-refractivity contribution in [1.82, 2.24) is 10.3 Å². The number of hydrogen-bond donors (Lipinski definition) is 2. The van der Waals surface area contributed by atoms with Crippen LogP contribution in [0.15, 0.2) is 36.5 Å². The standard InChI is InChI=1S/C20H25N3O2/c1-5-15-8-6-7-14(4)18(15)23-19(24)16-9-10-21-17(11-16)20(25)22-12-13(2)3/h6-11,13H,5,12H2,1-4H3,(H,22,25)(H,23,24). The summed E-state index contributed by atoms with van der Waals surface area (Å²) in [7, 11) is 0. The minimum Gasteiger partial charge on any atom is -0.350 e. The van der Waals surface area contributed by atoms with Crippen molar-refractivity contribution in [2.75, 3.05) is 11.9 Å². The first-order valence-corrected chi connectivity index (χ1v) is 8.56. The van der Waals surface area contributed by atoms with Gasteiger partial charge in [-0.2, -0.15) is 0 Å². The zero-order valence-electron chi connectivity index (χ0n) is 15.2. The third kappa shape index (κ3) is 4.89. The molecule has 0 atom stereocenters. The summed E-state index contributed by atoms with van der Waals surface area (Å²) in [6.45, 7) is 8.62. The molecule has 2 rings (SSSR count). The fourth-order valence-electron chi connectivity index (χ4n) is 2.47. The summed E-state index contributed by atoms with van der Waals surface area (Å²) in [6.07, 6.45) is 2.31. The fourth-order valence-corrected chi connectivity index (χ4v) is 2.47. The highest BCUT2D eigenvalue weighted by Crippen LogP contribution is 2.22. The molecule has 2 aromatic rings. The molecule has 25 heavy (non-hydrogen) atoms. The number of aromatic nitrogens is 1. The molecule has 0 saturated heterocycles. The Morgan fingerprint density at radius 3 is 2.60 bits per heavy atom. The van der Waals surface area contributed by atoms with Crippen LogP contribution in [-0.4, -0.2) is 23.3 Å². The van der Waals surface area contributed by atoms with E-state index in [-0.39, 0.29) is 17.5 Å². The van der Waals surface area contributed by atoms with E-state index >= 15 is 0 Å². The summed E-state index contributed by atoms with van der Waals surface area (Å²) in [4.78, 5) is 28.8. The normalized spacial score (nSPS) is 10.6. The lowest BCUT2D eigenvalue weighted by atomic mass is 10.1. The summed E-state index contributed by atoms with van der Waals surface area (Å²) in [6, 6.07) is 9.08. The van der Waals surface area contributed by atoms with E-state index in [0.717, 1.165) is 23.2 Å². The molecule has 0 spiro atoms. The van der Waals surface area contributed by atoms with E-state index in [2.05, 4.69) is 15.6 Å². The van der Waals surface area contributed by atoms with E-state index in [9.17, 15) is 9.59 Å². The molecular formula is C20H25N3O2. The number of pyridine rings is 1. The number of rotatable bonds is 6. The fraction of sp³-hybridized carbons (Fsp3) is 0.350. The summed E-state index contributed by atoms with van der Waals surface area (Å²) in [5, 5.41) is 5.77. The van der Waals surface area contributed by atoms with E-state index in [1.807, 2.05) is 45.9 Å². The summed E-state index contributed by atoms with van der Waals surface area (Å²) < 4.78 is 0. The van der Waals surface area contributed by atoms with Crippen LogP contribution in [0.3, 0.4) is 0 Å². The lowest BCUT2D eigenvalue weighted by Gasteiger charge is -2.13. The van der Waals surface area contributed by atoms with Crippen molar-refractivity contribution in [3.8, 4) is 0 Å². The highest BCUT2D eigenvalue weighted by molar-refractivity contribution is 6.06. The highest BCUT2D eigenvalue weighted by atomic mass is 16.2. The second-order valence-electron chi connectivity index (χ2n) is 6.45. The quantitative estimate of drug-likeness (QED) is 0.845. The predicted octanol–water partition coefficient (Wildman–Crippen LogP) is 3.59. The number of amides is 2. The molecule has 0 unspecified atom stereocenters. The van der Waals surface area contributed by atoms with Crippen LogP contribution in [0.5, 0.6) is 0 Å². The largest absolute Gasteiger partial charge is 0.350 e. The topological polar surface area (TPSA) is 71.1 Å². The second-order valence-corrected chi connectivity index (χ2v) is 6.45. The number of nitrogens with zero attached hydrogens (tertiary/aromatic N) is 1. The lowest BCUT2D eigenvalue weighted by molar-refractivity contribution is 0.0944. The highest BCUT2D eigenvalue weighted by Gasteiger charge is 2.14. The van der Waals surface area contributed by atoms with Gasteiger partial charge in [-0.25, -0.2) is 0 Å². The molecule has 0 aliphatic carbocycles. The van der Waals surface area contributed by atoms with E-state index in [1.54, 1.807) is 6.07 Å². The molecule has 0 aliphatic heterocycles. The summed E-state index contributed by atoms with van der Waals surface area (Å²) in [5.74, 6) is -0.165. The van der Waals surface area contributed by atoms with Gasteiger partial charge in [0.2, 0.25) is 0 Å². The van der Waals surface area contributed by atoms with E-state index in [4.69, 9.17) is 0 Å². The van der Waals surface area contributed by atoms with Crippen molar-refractivity contribution < 1.29 is 9.59 Å². The molecule has 0 fully saturated rings. The van der Waals surface area contributed by atoms with Crippen LogP contribution >= 0.6 is 0 Å². The van der Waals surface area contributed by atoms with Crippen LogP contribution in [0.25, 0.3) is 0 Å². The van der Waals surface area contributed by atoms with Gasteiger partial charge in [0, 0.05) is 24.0 Å². The number of nitrogens with one attached hydrogen (secondary N) is 2. The van der Waals surface area contributed by atoms with Gasteiger partial charge in [-0.3, -0.25) is 14.6 Å². The van der Waals surface area contributed by atoms with Crippen molar-refractivity contribution in [3.63, 3.8) is 0 Å². The molecule has 5 nitrogen and oxygen atoms in total. The van der Waals surface area contributed by atoms with Crippen molar-refractivity contribution >= 4 is 17.5 Å². The number of aryl methyl sites for hydroxylation is 2. The van der Waals surface area contributed by atoms with Gasteiger partial charge in [-0.1, -0.05) is 39.0 Å². The third-order valence-electron chi connectivity index (χ3n) is 3.90. The van der Waals surface area contributed by atoms with Gasteiger partial charge in [-0.05, 0) is 42.5 Å². The van der Waals surface area contributed by atoms with Crippen LogP contribution in [-0.2, 0) is 6.42 Å². The Balaban J connectivity index is 2.18. The van der Waals surface area contributed by atoms with Crippen LogP contribution in [0.4, 0.5) is 5.69 Å². The molecule has 0 aliphatic rings. The lowest BCUT2D eigenvalue weighted by Crippen LogP contribution is -2.28. The Hall–Kier alpha value is -2.69. The second kappa shape index (κ2) is 8.42. The Bertz CT molecular complexity index is 769.